The molecule has 0 aliphatic carbocycles. The Kier molecular flexibility index (Phi) is 7.25. The monoisotopic (exact) mass is 403 g/mol. The van der Waals surface area contributed by atoms with Crippen molar-refractivity contribution in [1.82, 2.24) is 0 Å². The summed E-state index contributed by atoms with van der Waals surface area (Å²) in [5.41, 5.74) is 1.62. The molecular formula is C25H29NO2Si. The van der Waals surface area contributed by atoms with Crippen LogP contribution in [0.25, 0.3) is 0 Å². The van der Waals surface area contributed by atoms with Gasteiger partial charge in [0.15, 0.2) is 0 Å². The number of hydrogen-bond acceptors (Lipinski definition) is 3. The first-order chi connectivity index (χ1) is 14.1. The van der Waals surface area contributed by atoms with Gasteiger partial charge in [-0.2, -0.15) is 0 Å². The van der Waals surface area contributed by atoms with Crippen LogP contribution in [0.3, 0.4) is 0 Å². The van der Waals surface area contributed by atoms with Crippen LogP contribution in [-0.4, -0.2) is 27.2 Å². The number of carbonyl (C=O) groups excluding carboxylic acids is 1. The standard InChI is InChI=1S/C25H29NO2Si/c1-3-28-25(27)21-15-17-22(18-16-21)26-19-10-20-29(2,23-11-6-4-7-12-23)24-13-8-5-9-14-24/h4-9,11-18,26H,3,10,19-20H2,1-2H3. The molecule has 0 aliphatic rings. The fourth-order valence-corrected chi connectivity index (χ4v) is 7.33. The first kappa shape index (κ1) is 20.9. The third-order valence-electron chi connectivity index (χ3n) is 5.40. The van der Waals surface area contributed by atoms with Gasteiger partial charge in [-0.05, 0) is 43.7 Å². The lowest BCUT2D eigenvalue weighted by atomic mass is 10.2. The quantitative estimate of drug-likeness (QED) is 0.323. The SMILES string of the molecule is CCOC(=O)c1ccc(NCCC[Si](C)(c2ccccc2)c2ccccc2)cc1. The summed E-state index contributed by atoms with van der Waals surface area (Å²) in [4.78, 5) is 11.8. The molecule has 0 amide bonds. The molecule has 3 aromatic rings. The van der Waals surface area contributed by atoms with Gasteiger partial charge in [-0.1, -0.05) is 77.6 Å². The molecule has 0 saturated carbocycles. The third kappa shape index (κ3) is 5.36. The predicted molar refractivity (Wildman–Crippen MR) is 124 cm³/mol. The van der Waals surface area contributed by atoms with Crippen molar-refractivity contribution in [2.45, 2.75) is 25.9 Å². The lowest BCUT2D eigenvalue weighted by Crippen LogP contribution is -2.55. The Bertz CT molecular complexity index is 856. The summed E-state index contributed by atoms with van der Waals surface area (Å²) in [6.45, 7) is 5.58. The van der Waals surface area contributed by atoms with E-state index in [2.05, 4.69) is 72.5 Å². The molecule has 0 unspecified atom stereocenters. The first-order valence-corrected chi connectivity index (χ1v) is 13.0. The summed E-state index contributed by atoms with van der Waals surface area (Å²) in [7, 11) is -1.77. The molecule has 0 saturated heterocycles. The van der Waals surface area contributed by atoms with E-state index in [0.29, 0.717) is 12.2 Å². The summed E-state index contributed by atoms with van der Waals surface area (Å²) in [6.07, 6.45) is 1.09. The molecule has 1 N–H and O–H groups in total. The van der Waals surface area contributed by atoms with Gasteiger partial charge in [0, 0.05) is 12.2 Å². The van der Waals surface area contributed by atoms with Crippen molar-refractivity contribution in [3.63, 3.8) is 0 Å². The Labute approximate surface area is 174 Å². The number of benzene rings is 3. The summed E-state index contributed by atoms with van der Waals surface area (Å²) in [6, 6.07) is 30.6. The lowest BCUT2D eigenvalue weighted by Gasteiger charge is -2.29. The van der Waals surface area contributed by atoms with Crippen molar-refractivity contribution in [1.29, 1.82) is 0 Å². The Balaban J connectivity index is 1.62. The van der Waals surface area contributed by atoms with Gasteiger partial charge in [-0.15, -0.1) is 0 Å². The molecule has 0 bridgehead atoms. The fraction of sp³-hybridized carbons (Fsp3) is 0.240. The summed E-state index contributed by atoms with van der Waals surface area (Å²) < 4.78 is 5.03. The molecule has 3 aromatic carbocycles. The zero-order chi connectivity index (χ0) is 20.5. The third-order valence-corrected chi connectivity index (χ3v) is 9.97. The smallest absolute Gasteiger partial charge is 0.338 e. The maximum absolute atomic E-state index is 11.8. The molecule has 0 fully saturated rings. The zero-order valence-corrected chi connectivity index (χ0v) is 18.2. The second kappa shape index (κ2) is 10.1. The van der Waals surface area contributed by atoms with Crippen molar-refractivity contribution in [3.8, 4) is 0 Å². The predicted octanol–water partition coefficient (Wildman–Crippen LogP) is 4.56. The first-order valence-electron chi connectivity index (χ1n) is 10.3. The van der Waals surface area contributed by atoms with Crippen molar-refractivity contribution < 1.29 is 9.53 Å². The Hall–Kier alpha value is -2.85. The molecule has 0 atom stereocenters. The van der Waals surface area contributed by atoms with Crippen LogP contribution < -0.4 is 15.7 Å². The molecule has 150 valence electrons. The maximum Gasteiger partial charge on any atom is 0.338 e. The lowest BCUT2D eigenvalue weighted by molar-refractivity contribution is 0.0526. The minimum Gasteiger partial charge on any atom is -0.462 e. The van der Waals surface area contributed by atoms with Gasteiger partial charge in [-0.3, -0.25) is 0 Å². The number of carbonyl (C=O) groups is 1. The highest BCUT2D eigenvalue weighted by atomic mass is 28.3. The van der Waals surface area contributed by atoms with Gasteiger partial charge >= 0.3 is 5.97 Å². The molecule has 0 radical (unpaired) electrons. The molecular weight excluding hydrogens is 374 g/mol. The van der Waals surface area contributed by atoms with Crippen molar-refractivity contribution in [2.75, 3.05) is 18.5 Å². The van der Waals surface area contributed by atoms with Crippen molar-refractivity contribution in [3.05, 3.63) is 90.5 Å². The zero-order valence-electron chi connectivity index (χ0n) is 17.2. The summed E-state index contributed by atoms with van der Waals surface area (Å²) in [5, 5.41) is 6.44. The van der Waals surface area contributed by atoms with E-state index in [9.17, 15) is 4.79 Å². The van der Waals surface area contributed by atoms with Gasteiger partial charge in [0.05, 0.1) is 12.2 Å². The highest BCUT2D eigenvalue weighted by Crippen LogP contribution is 2.15. The molecule has 0 heterocycles. The van der Waals surface area contributed by atoms with Crippen LogP contribution in [0.4, 0.5) is 5.69 Å². The topological polar surface area (TPSA) is 38.3 Å². The number of esters is 1. The van der Waals surface area contributed by atoms with Gasteiger partial charge in [0.1, 0.15) is 8.07 Å². The molecule has 3 rings (SSSR count). The average Bonchev–Trinajstić information content (AvgIpc) is 2.78. The van der Waals surface area contributed by atoms with E-state index >= 15 is 0 Å². The van der Waals surface area contributed by atoms with E-state index < -0.39 is 8.07 Å². The minimum absolute atomic E-state index is 0.272. The van der Waals surface area contributed by atoms with E-state index in [1.54, 1.807) is 0 Å². The van der Waals surface area contributed by atoms with Crippen LogP contribution in [0, 0.1) is 0 Å². The molecule has 4 heteroatoms. The van der Waals surface area contributed by atoms with Gasteiger partial charge < -0.3 is 10.1 Å². The van der Waals surface area contributed by atoms with Crippen molar-refractivity contribution >= 4 is 30.1 Å². The van der Waals surface area contributed by atoms with Crippen LogP contribution >= 0.6 is 0 Å². The number of rotatable bonds is 9. The van der Waals surface area contributed by atoms with E-state index in [-0.39, 0.29) is 5.97 Å². The number of nitrogens with one attached hydrogen (secondary N) is 1. The van der Waals surface area contributed by atoms with Crippen LogP contribution in [0.15, 0.2) is 84.9 Å². The molecule has 29 heavy (non-hydrogen) atoms. The highest BCUT2D eigenvalue weighted by Gasteiger charge is 2.30. The van der Waals surface area contributed by atoms with Crippen LogP contribution in [0.5, 0.6) is 0 Å². The van der Waals surface area contributed by atoms with Crippen LogP contribution in [0.1, 0.15) is 23.7 Å². The van der Waals surface area contributed by atoms with E-state index in [1.807, 2.05) is 31.2 Å². The van der Waals surface area contributed by atoms with E-state index in [4.69, 9.17) is 4.74 Å². The molecule has 0 aliphatic heterocycles. The number of ether oxygens (including phenoxy) is 1. The van der Waals surface area contributed by atoms with Crippen LogP contribution in [0.2, 0.25) is 12.6 Å². The van der Waals surface area contributed by atoms with Gasteiger partial charge in [0.25, 0.3) is 0 Å². The second-order valence-corrected chi connectivity index (χ2v) is 11.7. The Morgan fingerprint density at radius 1 is 0.862 bits per heavy atom. The van der Waals surface area contributed by atoms with Crippen LogP contribution in [-0.2, 0) is 4.74 Å². The fourth-order valence-electron chi connectivity index (χ4n) is 3.68. The van der Waals surface area contributed by atoms with E-state index in [0.717, 1.165) is 18.7 Å². The average molecular weight is 404 g/mol. The minimum atomic E-state index is -1.77. The normalized spacial score (nSPS) is 11.1. The van der Waals surface area contributed by atoms with Gasteiger partial charge in [-0.25, -0.2) is 4.79 Å². The second-order valence-electron chi connectivity index (χ2n) is 7.39. The largest absolute Gasteiger partial charge is 0.462 e. The number of hydrogen-bond donors (Lipinski definition) is 1. The number of anilines is 1. The Morgan fingerprint density at radius 2 is 1.41 bits per heavy atom. The van der Waals surface area contributed by atoms with E-state index in [1.165, 1.54) is 16.4 Å². The molecule has 3 nitrogen and oxygen atoms in total. The molecule has 0 spiro atoms. The van der Waals surface area contributed by atoms with Gasteiger partial charge in [0.2, 0.25) is 0 Å². The van der Waals surface area contributed by atoms with Crippen molar-refractivity contribution in [2.24, 2.45) is 0 Å². The molecule has 0 aromatic heterocycles. The summed E-state index contributed by atoms with van der Waals surface area (Å²) in [5.74, 6) is -0.272. The highest BCUT2D eigenvalue weighted by molar-refractivity contribution is 7.01. The summed E-state index contributed by atoms with van der Waals surface area (Å²) >= 11 is 0. The Morgan fingerprint density at radius 3 is 1.93 bits per heavy atom. The maximum atomic E-state index is 11.8.